The van der Waals surface area contributed by atoms with Crippen molar-refractivity contribution in [3.05, 3.63) is 0 Å². The van der Waals surface area contributed by atoms with Gasteiger partial charge in [-0.05, 0) is 20.3 Å². The molecule has 1 saturated carbocycles. The summed E-state index contributed by atoms with van der Waals surface area (Å²) in [5.41, 5.74) is 0.0808. The van der Waals surface area contributed by atoms with Gasteiger partial charge in [-0.25, -0.2) is 0 Å². The Kier molecular flexibility index (Phi) is 2.97. The van der Waals surface area contributed by atoms with Gasteiger partial charge < -0.3 is 9.64 Å². The number of amides is 1. The fourth-order valence-electron chi connectivity index (χ4n) is 2.79. The van der Waals surface area contributed by atoms with Gasteiger partial charge >= 0.3 is 0 Å². The van der Waals surface area contributed by atoms with Crippen molar-refractivity contribution in [3.8, 4) is 0 Å². The molecule has 3 atom stereocenters. The van der Waals surface area contributed by atoms with E-state index < -0.39 is 0 Å². The number of rotatable bonds is 3. The molecule has 0 radical (unpaired) electrons. The van der Waals surface area contributed by atoms with Crippen LogP contribution in [0.5, 0.6) is 0 Å². The highest BCUT2D eigenvalue weighted by Crippen LogP contribution is 2.46. The van der Waals surface area contributed by atoms with E-state index in [0.29, 0.717) is 18.8 Å². The summed E-state index contributed by atoms with van der Waals surface area (Å²) in [7, 11) is 0. The summed E-state index contributed by atoms with van der Waals surface area (Å²) in [4.78, 5) is 13.9. The van der Waals surface area contributed by atoms with Crippen LogP contribution in [0.2, 0.25) is 0 Å². The van der Waals surface area contributed by atoms with Crippen molar-refractivity contribution in [2.24, 2.45) is 5.41 Å². The molecule has 4 heteroatoms. The fraction of sp³-hybridized carbons (Fsp3) is 0.917. The first-order chi connectivity index (χ1) is 7.48. The Bertz CT molecular complexity index is 291. The predicted molar refractivity (Wildman–Crippen MR) is 61.9 cm³/mol. The largest absolute Gasteiger partial charge is 0.378 e. The van der Waals surface area contributed by atoms with Gasteiger partial charge in [0.15, 0.2) is 0 Å². The molecule has 0 bridgehead atoms. The molecule has 2 fully saturated rings. The second-order valence-corrected chi connectivity index (χ2v) is 5.41. The maximum atomic E-state index is 11.9. The van der Waals surface area contributed by atoms with Crippen LogP contribution >= 0.6 is 0 Å². The third kappa shape index (κ3) is 1.64. The minimum Gasteiger partial charge on any atom is -0.378 e. The minimum absolute atomic E-state index is 0.0260. The number of hydrogen-bond donors (Lipinski definition) is 1. The first kappa shape index (κ1) is 11.9. The Morgan fingerprint density at radius 3 is 2.69 bits per heavy atom. The van der Waals surface area contributed by atoms with Crippen molar-refractivity contribution in [2.75, 3.05) is 13.3 Å². The lowest BCUT2D eigenvalue weighted by Gasteiger charge is -2.54. The van der Waals surface area contributed by atoms with Gasteiger partial charge in [0.2, 0.25) is 5.91 Å². The first-order valence-corrected chi connectivity index (χ1v) is 6.14. The highest BCUT2D eigenvalue weighted by atomic mass is 16.5. The van der Waals surface area contributed by atoms with Gasteiger partial charge in [-0.15, -0.1) is 0 Å². The molecule has 1 amide bonds. The zero-order valence-electron chi connectivity index (χ0n) is 10.6. The number of carbonyl (C=O) groups excluding carboxylic acids is 1. The SMILES string of the molecule is CCOC1CC(N2CNC(C)C2=O)C1(C)C. The van der Waals surface area contributed by atoms with E-state index in [4.69, 9.17) is 4.74 Å². The van der Waals surface area contributed by atoms with Crippen molar-refractivity contribution < 1.29 is 9.53 Å². The highest BCUT2D eigenvalue weighted by Gasteiger charge is 2.54. The van der Waals surface area contributed by atoms with Crippen molar-refractivity contribution >= 4 is 5.91 Å². The number of carbonyl (C=O) groups is 1. The van der Waals surface area contributed by atoms with Crippen LogP contribution in [0.4, 0.5) is 0 Å². The normalized spacial score (nSPS) is 37.6. The smallest absolute Gasteiger partial charge is 0.240 e. The average molecular weight is 226 g/mol. The number of nitrogens with zero attached hydrogens (tertiary/aromatic N) is 1. The summed E-state index contributed by atoms with van der Waals surface area (Å²) in [6.45, 7) is 9.77. The van der Waals surface area contributed by atoms with Gasteiger partial charge in [0.05, 0.1) is 18.8 Å². The molecule has 0 spiro atoms. The van der Waals surface area contributed by atoms with E-state index in [0.717, 1.165) is 13.0 Å². The van der Waals surface area contributed by atoms with Crippen LogP contribution in [0.25, 0.3) is 0 Å². The van der Waals surface area contributed by atoms with E-state index in [2.05, 4.69) is 19.2 Å². The van der Waals surface area contributed by atoms with Crippen LogP contribution in [-0.4, -0.2) is 42.3 Å². The van der Waals surface area contributed by atoms with Crippen molar-refractivity contribution in [1.29, 1.82) is 0 Å². The lowest BCUT2D eigenvalue weighted by atomic mass is 9.63. The Morgan fingerprint density at radius 2 is 2.25 bits per heavy atom. The van der Waals surface area contributed by atoms with E-state index in [1.165, 1.54) is 0 Å². The average Bonchev–Trinajstić information content (AvgIpc) is 2.55. The summed E-state index contributed by atoms with van der Waals surface area (Å²) in [6.07, 6.45) is 1.27. The second kappa shape index (κ2) is 4.00. The quantitative estimate of drug-likeness (QED) is 0.779. The monoisotopic (exact) mass is 226 g/mol. The molecular weight excluding hydrogens is 204 g/mol. The number of hydrogen-bond acceptors (Lipinski definition) is 3. The lowest BCUT2D eigenvalue weighted by molar-refractivity contribution is -0.162. The molecule has 92 valence electrons. The van der Waals surface area contributed by atoms with Gasteiger partial charge in [0.1, 0.15) is 0 Å². The van der Waals surface area contributed by atoms with E-state index in [9.17, 15) is 4.79 Å². The second-order valence-electron chi connectivity index (χ2n) is 5.41. The van der Waals surface area contributed by atoms with Crippen LogP contribution in [0.1, 0.15) is 34.1 Å². The molecule has 2 aliphatic rings. The van der Waals surface area contributed by atoms with Gasteiger partial charge in [-0.1, -0.05) is 13.8 Å². The van der Waals surface area contributed by atoms with Crippen LogP contribution in [0, 0.1) is 5.41 Å². The minimum atomic E-state index is -0.0260. The van der Waals surface area contributed by atoms with E-state index in [1.54, 1.807) is 0 Å². The summed E-state index contributed by atoms with van der Waals surface area (Å²) in [5, 5.41) is 3.19. The van der Waals surface area contributed by atoms with Gasteiger partial charge in [0.25, 0.3) is 0 Å². The fourth-order valence-corrected chi connectivity index (χ4v) is 2.79. The summed E-state index contributed by atoms with van der Waals surface area (Å²) in [6, 6.07) is 0.302. The Morgan fingerprint density at radius 1 is 1.56 bits per heavy atom. The summed E-state index contributed by atoms with van der Waals surface area (Å²) >= 11 is 0. The first-order valence-electron chi connectivity index (χ1n) is 6.14. The maximum absolute atomic E-state index is 11.9. The molecule has 1 N–H and O–H groups in total. The van der Waals surface area contributed by atoms with Crippen LogP contribution < -0.4 is 5.32 Å². The highest BCUT2D eigenvalue weighted by molar-refractivity contribution is 5.83. The van der Waals surface area contributed by atoms with Gasteiger partial charge in [-0.3, -0.25) is 10.1 Å². The topological polar surface area (TPSA) is 41.6 Å². The molecule has 0 aromatic rings. The van der Waals surface area contributed by atoms with Crippen molar-refractivity contribution in [3.63, 3.8) is 0 Å². The molecule has 0 aromatic heterocycles. The van der Waals surface area contributed by atoms with E-state index in [-0.39, 0.29) is 17.4 Å². The standard InChI is InChI=1S/C12H22N2O2/c1-5-16-10-6-9(12(10,3)4)14-7-13-8(2)11(14)15/h8-10,13H,5-7H2,1-4H3. The predicted octanol–water partition coefficient (Wildman–Crippen LogP) is 0.968. The van der Waals surface area contributed by atoms with E-state index in [1.807, 2.05) is 18.7 Å². The lowest BCUT2D eigenvalue weighted by Crippen LogP contribution is -2.62. The number of ether oxygens (including phenoxy) is 1. The molecule has 1 aliphatic heterocycles. The van der Waals surface area contributed by atoms with Gasteiger partial charge in [0, 0.05) is 18.1 Å². The molecule has 1 saturated heterocycles. The molecule has 1 heterocycles. The Hall–Kier alpha value is -0.610. The third-order valence-corrected chi connectivity index (χ3v) is 4.09. The van der Waals surface area contributed by atoms with E-state index >= 15 is 0 Å². The maximum Gasteiger partial charge on any atom is 0.240 e. The summed E-state index contributed by atoms with van der Waals surface area (Å²) < 4.78 is 5.69. The van der Waals surface area contributed by atoms with Crippen molar-refractivity contribution in [1.82, 2.24) is 10.2 Å². The summed E-state index contributed by atoms with van der Waals surface area (Å²) in [5.74, 6) is 0.230. The molecule has 3 unspecified atom stereocenters. The van der Waals surface area contributed by atoms with Crippen LogP contribution in [-0.2, 0) is 9.53 Å². The zero-order valence-corrected chi connectivity index (χ0v) is 10.6. The zero-order chi connectivity index (χ0) is 11.9. The Balaban J connectivity index is 2.01. The molecule has 0 aromatic carbocycles. The van der Waals surface area contributed by atoms with Crippen LogP contribution in [0.3, 0.4) is 0 Å². The molecule has 16 heavy (non-hydrogen) atoms. The molecule has 1 aliphatic carbocycles. The third-order valence-electron chi connectivity index (χ3n) is 4.09. The Labute approximate surface area is 97.3 Å². The van der Waals surface area contributed by atoms with Crippen molar-refractivity contribution in [2.45, 2.75) is 52.3 Å². The molecule has 2 rings (SSSR count). The number of nitrogens with one attached hydrogen (secondary N) is 1. The van der Waals surface area contributed by atoms with Gasteiger partial charge in [-0.2, -0.15) is 0 Å². The molecular formula is C12H22N2O2. The molecule has 4 nitrogen and oxygen atoms in total. The van der Waals surface area contributed by atoms with Crippen LogP contribution in [0.15, 0.2) is 0 Å².